The third-order valence-corrected chi connectivity index (χ3v) is 5.63. The van der Waals surface area contributed by atoms with E-state index < -0.39 is 0 Å². The van der Waals surface area contributed by atoms with Crippen LogP contribution in [0.3, 0.4) is 0 Å². The highest BCUT2D eigenvalue weighted by Gasteiger charge is 2.14. The molecule has 2 N–H and O–H groups in total. The number of aliphatic hydroxyl groups excluding tert-OH is 2. The van der Waals surface area contributed by atoms with Gasteiger partial charge in [-0.25, -0.2) is 0 Å². The van der Waals surface area contributed by atoms with Crippen molar-refractivity contribution in [2.75, 3.05) is 26.3 Å². The van der Waals surface area contributed by atoms with Gasteiger partial charge >= 0.3 is 0 Å². The lowest BCUT2D eigenvalue weighted by Gasteiger charge is -2.29. The van der Waals surface area contributed by atoms with E-state index in [-0.39, 0.29) is 19.3 Å². The van der Waals surface area contributed by atoms with Gasteiger partial charge in [0, 0.05) is 12.6 Å². The molecular formula is C23H49NO2. The van der Waals surface area contributed by atoms with E-state index in [1.165, 1.54) is 96.3 Å². The molecule has 158 valence electrons. The van der Waals surface area contributed by atoms with E-state index in [0.717, 1.165) is 13.0 Å². The third-order valence-electron chi connectivity index (χ3n) is 5.63. The second kappa shape index (κ2) is 21.2. The smallest absolute Gasteiger partial charge is 0.0586 e. The first-order chi connectivity index (χ1) is 12.8. The minimum absolute atomic E-state index is 0.190. The second-order valence-electron chi connectivity index (χ2n) is 7.95. The minimum Gasteiger partial charge on any atom is -0.395 e. The van der Waals surface area contributed by atoms with Crippen molar-refractivity contribution in [1.29, 1.82) is 0 Å². The molecular weight excluding hydrogens is 322 g/mol. The highest BCUT2D eigenvalue weighted by Crippen LogP contribution is 2.14. The first kappa shape index (κ1) is 25.9. The molecule has 0 aliphatic rings. The lowest BCUT2D eigenvalue weighted by molar-refractivity contribution is 0.0972. The Morgan fingerprint density at radius 3 is 1.35 bits per heavy atom. The zero-order valence-electron chi connectivity index (χ0n) is 18.1. The van der Waals surface area contributed by atoms with Crippen LogP contribution < -0.4 is 0 Å². The van der Waals surface area contributed by atoms with Crippen molar-refractivity contribution in [3.05, 3.63) is 0 Å². The molecule has 3 heteroatoms. The van der Waals surface area contributed by atoms with Crippen molar-refractivity contribution in [2.24, 2.45) is 0 Å². The second-order valence-corrected chi connectivity index (χ2v) is 7.95. The summed E-state index contributed by atoms with van der Waals surface area (Å²) >= 11 is 0. The zero-order chi connectivity index (χ0) is 19.3. The Morgan fingerprint density at radius 1 is 0.577 bits per heavy atom. The Balaban J connectivity index is 3.34. The third kappa shape index (κ3) is 16.1. The van der Waals surface area contributed by atoms with Gasteiger partial charge in [-0.3, -0.25) is 4.90 Å². The summed E-state index contributed by atoms with van der Waals surface area (Å²) in [6, 6.07) is 0.216. The molecule has 0 rings (SSSR count). The Hall–Kier alpha value is -0.120. The number of rotatable bonds is 21. The summed E-state index contributed by atoms with van der Waals surface area (Å²) in [5.74, 6) is 0. The number of aliphatic hydroxyl groups is 2. The van der Waals surface area contributed by atoms with Gasteiger partial charge in [0.25, 0.3) is 0 Å². The van der Waals surface area contributed by atoms with Gasteiger partial charge in [0.05, 0.1) is 13.2 Å². The van der Waals surface area contributed by atoms with E-state index in [2.05, 4.69) is 18.7 Å². The molecule has 0 radical (unpaired) electrons. The van der Waals surface area contributed by atoms with Crippen LogP contribution in [0.1, 0.15) is 117 Å². The predicted octanol–water partition coefficient (Wildman–Crippen LogP) is 5.92. The summed E-state index contributed by atoms with van der Waals surface area (Å²) in [5.41, 5.74) is 0. The first-order valence-electron chi connectivity index (χ1n) is 11.8. The van der Waals surface area contributed by atoms with Crippen LogP contribution in [0.15, 0.2) is 0 Å². The van der Waals surface area contributed by atoms with Crippen LogP contribution in [-0.4, -0.2) is 47.5 Å². The molecule has 0 saturated carbocycles. The summed E-state index contributed by atoms with van der Waals surface area (Å²) in [7, 11) is 0. The fourth-order valence-electron chi connectivity index (χ4n) is 3.79. The van der Waals surface area contributed by atoms with Gasteiger partial charge in [-0.15, -0.1) is 0 Å². The van der Waals surface area contributed by atoms with Crippen LogP contribution >= 0.6 is 0 Å². The van der Waals surface area contributed by atoms with Gasteiger partial charge in [-0.05, 0) is 19.4 Å². The fraction of sp³-hybridized carbons (Fsp3) is 1.00. The van der Waals surface area contributed by atoms with Crippen molar-refractivity contribution < 1.29 is 10.2 Å². The maximum Gasteiger partial charge on any atom is 0.0586 e. The molecule has 0 spiro atoms. The molecule has 0 aromatic rings. The fourth-order valence-corrected chi connectivity index (χ4v) is 3.79. The molecule has 0 bridgehead atoms. The van der Waals surface area contributed by atoms with E-state index in [9.17, 15) is 10.2 Å². The largest absolute Gasteiger partial charge is 0.395 e. The molecule has 1 unspecified atom stereocenters. The van der Waals surface area contributed by atoms with Crippen molar-refractivity contribution in [3.63, 3.8) is 0 Å². The van der Waals surface area contributed by atoms with Crippen LogP contribution in [0, 0.1) is 0 Å². The Kier molecular flexibility index (Phi) is 21.1. The lowest BCUT2D eigenvalue weighted by atomic mass is 10.0. The normalized spacial score (nSPS) is 12.8. The van der Waals surface area contributed by atoms with Gasteiger partial charge in [0.15, 0.2) is 0 Å². The number of unbranched alkanes of at least 4 members (excludes halogenated alkanes) is 14. The van der Waals surface area contributed by atoms with E-state index in [0.29, 0.717) is 6.54 Å². The summed E-state index contributed by atoms with van der Waals surface area (Å²) in [6.07, 6.45) is 21.8. The van der Waals surface area contributed by atoms with Gasteiger partial charge in [-0.1, -0.05) is 104 Å². The number of nitrogens with zero attached hydrogens (tertiary/aromatic N) is 1. The zero-order valence-corrected chi connectivity index (χ0v) is 18.1. The first-order valence-corrected chi connectivity index (χ1v) is 11.8. The SMILES string of the molecule is CCCCCCCCCCCCCCCCCN(CCO)C(CC)CO. The molecule has 0 aromatic heterocycles. The highest BCUT2D eigenvalue weighted by atomic mass is 16.3. The quantitative estimate of drug-likeness (QED) is 0.246. The Labute approximate surface area is 164 Å². The number of hydrogen-bond donors (Lipinski definition) is 2. The van der Waals surface area contributed by atoms with E-state index in [1.54, 1.807) is 0 Å². The Bertz CT molecular complexity index is 257. The molecule has 1 atom stereocenters. The highest BCUT2D eigenvalue weighted by molar-refractivity contribution is 4.69. The van der Waals surface area contributed by atoms with Gasteiger partial charge < -0.3 is 10.2 Å². The van der Waals surface area contributed by atoms with Crippen molar-refractivity contribution >= 4 is 0 Å². The van der Waals surface area contributed by atoms with Gasteiger partial charge in [-0.2, -0.15) is 0 Å². The van der Waals surface area contributed by atoms with Crippen LogP contribution in [0.2, 0.25) is 0 Å². The van der Waals surface area contributed by atoms with Crippen molar-refractivity contribution in [2.45, 2.75) is 123 Å². The van der Waals surface area contributed by atoms with Gasteiger partial charge in [0.1, 0.15) is 0 Å². The molecule has 0 amide bonds. The average molecular weight is 372 g/mol. The molecule has 0 aliphatic heterocycles. The monoisotopic (exact) mass is 371 g/mol. The van der Waals surface area contributed by atoms with E-state index >= 15 is 0 Å². The predicted molar refractivity (Wildman–Crippen MR) is 115 cm³/mol. The number of hydrogen-bond acceptors (Lipinski definition) is 3. The molecule has 26 heavy (non-hydrogen) atoms. The molecule has 0 aromatic carbocycles. The van der Waals surface area contributed by atoms with E-state index in [1.807, 2.05) is 0 Å². The lowest BCUT2D eigenvalue weighted by Crippen LogP contribution is -2.40. The molecule has 0 heterocycles. The molecule has 0 aliphatic carbocycles. The molecule has 0 fully saturated rings. The van der Waals surface area contributed by atoms with Crippen molar-refractivity contribution in [3.8, 4) is 0 Å². The standard InChI is InChI=1S/C23H49NO2/c1-3-5-6-7-8-9-10-11-12-13-14-15-16-17-18-19-24(20-21-25)23(4-2)22-26/h23,25-26H,3-22H2,1-2H3. The summed E-state index contributed by atoms with van der Waals surface area (Å²) < 4.78 is 0. The maximum absolute atomic E-state index is 9.43. The van der Waals surface area contributed by atoms with Crippen molar-refractivity contribution in [1.82, 2.24) is 4.90 Å². The van der Waals surface area contributed by atoms with E-state index in [4.69, 9.17) is 0 Å². The minimum atomic E-state index is 0.190. The average Bonchev–Trinajstić information content (AvgIpc) is 2.65. The Morgan fingerprint density at radius 2 is 1.00 bits per heavy atom. The summed E-state index contributed by atoms with van der Waals surface area (Å²) in [6.45, 7) is 6.49. The topological polar surface area (TPSA) is 43.7 Å². The van der Waals surface area contributed by atoms with Crippen LogP contribution in [0.5, 0.6) is 0 Å². The maximum atomic E-state index is 9.43. The molecule has 3 nitrogen and oxygen atoms in total. The summed E-state index contributed by atoms with van der Waals surface area (Å²) in [4.78, 5) is 2.25. The van der Waals surface area contributed by atoms with Crippen LogP contribution in [0.4, 0.5) is 0 Å². The van der Waals surface area contributed by atoms with Gasteiger partial charge in [0.2, 0.25) is 0 Å². The van der Waals surface area contributed by atoms with Crippen LogP contribution in [-0.2, 0) is 0 Å². The van der Waals surface area contributed by atoms with Crippen LogP contribution in [0.25, 0.3) is 0 Å². The summed E-state index contributed by atoms with van der Waals surface area (Å²) in [5, 5.41) is 18.6. The molecule has 0 saturated heterocycles.